The van der Waals surface area contributed by atoms with Crippen molar-refractivity contribution >= 4 is 15.7 Å². The summed E-state index contributed by atoms with van der Waals surface area (Å²) in [5.41, 5.74) is 4.05. The summed E-state index contributed by atoms with van der Waals surface area (Å²) >= 11 is 0. The Kier molecular flexibility index (Phi) is 4.81. The van der Waals surface area contributed by atoms with E-state index in [-0.39, 0.29) is 4.90 Å². The summed E-state index contributed by atoms with van der Waals surface area (Å²) in [6.45, 7) is 2.07. The van der Waals surface area contributed by atoms with Gasteiger partial charge in [0.1, 0.15) is 10.6 Å². The van der Waals surface area contributed by atoms with Crippen molar-refractivity contribution in [2.75, 3.05) is 11.8 Å². The molecule has 0 saturated heterocycles. The SMILES string of the molecule is CCc1ccc(NS(=O)(=O)c2cc3c(cc2OC)CCCC3)cc1. The fourth-order valence-electron chi connectivity index (χ4n) is 3.13. The van der Waals surface area contributed by atoms with Crippen molar-refractivity contribution in [3.63, 3.8) is 0 Å². The first-order chi connectivity index (χ1) is 11.5. The van der Waals surface area contributed by atoms with E-state index in [4.69, 9.17) is 4.74 Å². The molecule has 0 heterocycles. The maximum atomic E-state index is 12.8. The Morgan fingerprint density at radius 2 is 1.67 bits per heavy atom. The third-order valence-electron chi connectivity index (χ3n) is 4.53. The minimum atomic E-state index is -3.68. The lowest BCUT2D eigenvalue weighted by molar-refractivity contribution is 0.401. The van der Waals surface area contributed by atoms with E-state index in [1.165, 1.54) is 18.2 Å². The van der Waals surface area contributed by atoms with Gasteiger partial charge < -0.3 is 4.74 Å². The van der Waals surface area contributed by atoms with Crippen LogP contribution in [0.25, 0.3) is 0 Å². The summed E-state index contributed by atoms with van der Waals surface area (Å²) < 4.78 is 33.7. The van der Waals surface area contributed by atoms with Crippen molar-refractivity contribution in [2.24, 2.45) is 0 Å². The molecule has 4 nitrogen and oxygen atoms in total. The largest absolute Gasteiger partial charge is 0.495 e. The number of sulfonamides is 1. The van der Waals surface area contributed by atoms with Gasteiger partial charge >= 0.3 is 0 Å². The van der Waals surface area contributed by atoms with Gasteiger partial charge in [-0.15, -0.1) is 0 Å². The van der Waals surface area contributed by atoms with Gasteiger partial charge in [-0.3, -0.25) is 4.72 Å². The zero-order chi connectivity index (χ0) is 17.2. The van der Waals surface area contributed by atoms with Gasteiger partial charge in [0.05, 0.1) is 7.11 Å². The minimum Gasteiger partial charge on any atom is -0.495 e. The summed E-state index contributed by atoms with van der Waals surface area (Å²) in [6.07, 6.45) is 5.08. The Balaban J connectivity index is 1.96. The highest BCUT2D eigenvalue weighted by Gasteiger charge is 2.23. The molecule has 5 heteroatoms. The Labute approximate surface area is 143 Å². The number of aryl methyl sites for hydroxylation is 3. The Bertz CT molecular complexity index is 826. The maximum absolute atomic E-state index is 12.8. The van der Waals surface area contributed by atoms with Gasteiger partial charge in [-0.25, -0.2) is 8.42 Å². The lowest BCUT2D eigenvalue weighted by Gasteiger charge is -2.19. The smallest absolute Gasteiger partial charge is 0.265 e. The number of fused-ring (bicyclic) bond motifs is 1. The quantitative estimate of drug-likeness (QED) is 0.893. The van der Waals surface area contributed by atoms with Gasteiger partial charge in [0.25, 0.3) is 10.0 Å². The molecule has 1 aliphatic carbocycles. The Morgan fingerprint density at radius 3 is 2.25 bits per heavy atom. The van der Waals surface area contributed by atoms with Crippen LogP contribution in [0.4, 0.5) is 5.69 Å². The average molecular weight is 345 g/mol. The number of methoxy groups -OCH3 is 1. The van der Waals surface area contributed by atoms with Crippen LogP contribution in [-0.2, 0) is 29.3 Å². The third kappa shape index (κ3) is 3.41. The van der Waals surface area contributed by atoms with Crippen molar-refractivity contribution in [3.05, 3.63) is 53.1 Å². The summed E-state index contributed by atoms with van der Waals surface area (Å²) in [4.78, 5) is 0.213. The third-order valence-corrected chi connectivity index (χ3v) is 5.93. The van der Waals surface area contributed by atoms with Crippen LogP contribution in [0, 0.1) is 0 Å². The number of rotatable bonds is 5. The number of benzene rings is 2. The van der Waals surface area contributed by atoms with Crippen LogP contribution in [-0.4, -0.2) is 15.5 Å². The monoisotopic (exact) mass is 345 g/mol. The van der Waals surface area contributed by atoms with E-state index in [1.54, 1.807) is 18.2 Å². The fraction of sp³-hybridized carbons (Fsp3) is 0.368. The highest BCUT2D eigenvalue weighted by Crippen LogP contribution is 2.32. The van der Waals surface area contributed by atoms with Crippen LogP contribution in [0.2, 0.25) is 0 Å². The van der Waals surface area contributed by atoms with Gasteiger partial charge in [0, 0.05) is 5.69 Å². The number of nitrogens with one attached hydrogen (secondary N) is 1. The first-order valence-corrected chi connectivity index (χ1v) is 9.83. The molecule has 1 N–H and O–H groups in total. The van der Waals surface area contributed by atoms with Crippen LogP contribution < -0.4 is 9.46 Å². The molecule has 0 radical (unpaired) electrons. The lowest BCUT2D eigenvalue weighted by Crippen LogP contribution is -2.16. The lowest BCUT2D eigenvalue weighted by atomic mass is 9.92. The molecule has 0 bridgehead atoms. The Morgan fingerprint density at radius 1 is 1.04 bits per heavy atom. The van der Waals surface area contributed by atoms with E-state index in [0.29, 0.717) is 11.4 Å². The molecule has 0 aliphatic heterocycles. The highest BCUT2D eigenvalue weighted by molar-refractivity contribution is 7.92. The highest BCUT2D eigenvalue weighted by atomic mass is 32.2. The van der Waals surface area contributed by atoms with Crippen molar-refractivity contribution in [2.45, 2.75) is 43.9 Å². The predicted molar refractivity (Wildman–Crippen MR) is 96.3 cm³/mol. The second kappa shape index (κ2) is 6.85. The second-order valence-electron chi connectivity index (χ2n) is 6.13. The van der Waals surface area contributed by atoms with Gasteiger partial charge in [0.2, 0.25) is 0 Å². The molecule has 0 aromatic heterocycles. The fourth-order valence-corrected chi connectivity index (χ4v) is 4.39. The van der Waals surface area contributed by atoms with Gasteiger partial charge in [-0.2, -0.15) is 0 Å². The molecule has 0 atom stereocenters. The van der Waals surface area contributed by atoms with Crippen LogP contribution in [0.5, 0.6) is 5.75 Å². The van der Waals surface area contributed by atoms with Gasteiger partial charge in [0.15, 0.2) is 0 Å². The minimum absolute atomic E-state index is 0.213. The molecule has 128 valence electrons. The molecule has 0 amide bonds. The van der Waals surface area contributed by atoms with Crippen LogP contribution in [0.15, 0.2) is 41.3 Å². The first kappa shape index (κ1) is 16.8. The average Bonchev–Trinajstić information content (AvgIpc) is 2.61. The molecule has 0 spiro atoms. The normalized spacial score (nSPS) is 14.1. The van der Waals surface area contributed by atoms with Crippen LogP contribution in [0.3, 0.4) is 0 Å². The molecule has 2 aromatic carbocycles. The van der Waals surface area contributed by atoms with Gasteiger partial charge in [-0.1, -0.05) is 19.1 Å². The summed E-state index contributed by atoms with van der Waals surface area (Å²) in [5, 5.41) is 0. The molecule has 0 saturated carbocycles. The topological polar surface area (TPSA) is 55.4 Å². The molecule has 2 aromatic rings. The summed E-state index contributed by atoms with van der Waals surface area (Å²) in [6, 6.07) is 11.1. The first-order valence-electron chi connectivity index (χ1n) is 8.35. The zero-order valence-electron chi connectivity index (χ0n) is 14.1. The van der Waals surface area contributed by atoms with E-state index < -0.39 is 10.0 Å². The van der Waals surface area contributed by atoms with Crippen LogP contribution in [0.1, 0.15) is 36.5 Å². The molecule has 3 rings (SSSR count). The zero-order valence-corrected chi connectivity index (χ0v) is 14.9. The molecular formula is C19H23NO3S. The van der Waals surface area contributed by atoms with Gasteiger partial charge in [-0.05, 0) is 73.1 Å². The van der Waals surface area contributed by atoms with E-state index >= 15 is 0 Å². The van der Waals surface area contributed by atoms with Crippen molar-refractivity contribution in [1.82, 2.24) is 0 Å². The van der Waals surface area contributed by atoms with Crippen molar-refractivity contribution in [1.29, 1.82) is 0 Å². The van der Waals surface area contributed by atoms with Crippen molar-refractivity contribution in [3.8, 4) is 5.75 Å². The van der Waals surface area contributed by atoms with E-state index in [2.05, 4.69) is 11.6 Å². The van der Waals surface area contributed by atoms with E-state index in [1.807, 2.05) is 18.2 Å². The molecule has 0 unspecified atom stereocenters. The number of anilines is 1. The number of hydrogen-bond donors (Lipinski definition) is 1. The van der Waals surface area contributed by atoms with E-state index in [0.717, 1.165) is 37.7 Å². The predicted octanol–water partition coefficient (Wildman–Crippen LogP) is 3.94. The molecular weight excluding hydrogens is 322 g/mol. The molecule has 24 heavy (non-hydrogen) atoms. The number of ether oxygens (including phenoxy) is 1. The van der Waals surface area contributed by atoms with Crippen molar-refractivity contribution < 1.29 is 13.2 Å². The standard InChI is InChI=1S/C19H23NO3S/c1-3-14-8-10-17(11-9-14)20-24(21,22)19-13-16-7-5-4-6-15(16)12-18(19)23-2/h8-13,20H,3-7H2,1-2H3. The summed E-state index contributed by atoms with van der Waals surface area (Å²) in [7, 11) is -2.17. The number of hydrogen-bond acceptors (Lipinski definition) is 3. The van der Waals surface area contributed by atoms with Crippen LogP contribution >= 0.6 is 0 Å². The second-order valence-corrected chi connectivity index (χ2v) is 7.79. The summed E-state index contributed by atoms with van der Waals surface area (Å²) in [5.74, 6) is 0.410. The molecule has 1 aliphatic rings. The maximum Gasteiger partial charge on any atom is 0.265 e. The Hall–Kier alpha value is -2.01. The molecule has 0 fully saturated rings. The van der Waals surface area contributed by atoms with E-state index in [9.17, 15) is 8.42 Å².